The zero-order chi connectivity index (χ0) is 15.4. The van der Waals surface area contributed by atoms with E-state index in [-0.39, 0.29) is 5.79 Å². The fourth-order valence-electron chi connectivity index (χ4n) is 4.47. The van der Waals surface area contributed by atoms with E-state index >= 15 is 0 Å². The Morgan fingerprint density at radius 2 is 1.64 bits per heavy atom. The summed E-state index contributed by atoms with van der Waals surface area (Å²) in [7, 11) is 0. The Kier molecular flexibility index (Phi) is 5.77. The molecule has 4 nitrogen and oxygen atoms in total. The molecule has 3 rings (SSSR count). The van der Waals surface area contributed by atoms with Gasteiger partial charge in [0.05, 0.1) is 19.3 Å². The molecule has 1 aliphatic carbocycles. The molecule has 1 saturated carbocycles. The van der Waals surface area contributed by atoms with E-state index in [0.717, 1.165) is 45.0 Å². The molecule has 4 heteroatoms. The van der Waals surface area contributed by atoms with Crippen molar-refractivity contribution in [2.45, 2.75) is 89.2 Å². The fraction of sp³-hybridized carbons (Fsp3) is 1.00. The minimum absolute atomic E-state index is 0.230. The number of hydrogen-bond donors (Lipinski definition) is 1. The molecule has 1 N–H and O–H groups in total. The Balaban J connectivity index is 1.45. The van der Waals surface area contributed by atoms with Crippen LogP contribution in [0.3, 0.4) is 0 Å². The molecule has 2 aliphatic heterocycles. The van der Waals surface area contributed by atoms with Gasteiger partial charge in [0, 0.05) is 31.5 Å². The van der Waals surface area contributed by atoms with Crippen LogP contribution in [0.25, 0.3) is 0 Å². The maximum Gasteiger partial charge on any atom is 0.168 e. The molecule has 0 aromatic carbocycles. The van der Waals surface area contributed by atoms with Gasteiger partial charge in [-0.15, -0.1) is 0 Å². The van der Waals surface area contributed by atoms with Gasteiger partial charge in [-0.3, -0.25) is 0 Å². The fourth-order valence-corrected chi connectivity index (χ4v) is 4.47. The lowest BCUT2D eigenvalue weighted by molar-refractivity contribution is -0.180. The molecule has 3 fully saturated rings. The summed E-state index contributed by atoms with van der Waals surface area (Å²) in [5, 5.41) is 3.91. The Hall–Kier alpha value is -0.160. The first-order valence-electron chi connectivity index (χ1n) is 9.40. The predicted molar refractivity (Wildman–Crippen MR) is 86.9 cm³/mol. The van der Waals surface area contributed by atoms with E-state index in [2.05, 4.69) is 19.2 Å². The van der Waals surface area contributed by atoms with Gasteiger partial charge in [0.1, 0.15) is 0 Å². The molecule has 128 valence electrons. The van der Waals surface area contributed by atoms with Crippen LogP contribution in [0.15, 0.2) is 0 Å². The minimum Gasteiger partial charge on any atom is -0.378 e. The number of rotatable bonds is 5. The molecule has 1 spiro atoms. The molecule has 0 aromatic rings. The third-order valence-electron chi connectivity index (χ3n) is 5.92. The molecule has 22 heavy (non-hydrogen) atoms. The van der Waals surface area contributed by atoms with E-state index in [1.807, 2.05) is 0 Å². The lowest BCUT2D eigenvalue weighted by atomic mass is 9.86. The zero-order valence-electron chi connectivity index (χ0n) is 14.3. The number of ether oxygens (including phenoxy) is 3. The average molecular weight is 311 g/mol. The van der Waals surface area contributed by atoms with Gasteiger partial charge < -0.3 is 19.5 Å². The quantitative estimate of drug-likeness (QED) is 0.846. The third-order valence-corrected chi connectivity index (χ3v) is 5.92. The van der Waals surface area contributed by atoms with Gasteiger partial charge in [-0.05, 0) is 31.6 Å². The zero-order valence-corrected chi connectivity index (χ0v) is 14.3. The lowest BCUT2D eigenvalue weighted by Gasteiger charge is -2.40. The highest BCUT2D eigenvalue weighted by molar-refractivity contribution is 4.89. The molecule has 0 unspecified atom stereocenters. The van der Waals surface area contributed by atoms with E-state index in [0.29, 0.717) is 18.2 Å². The van der Waals surface area contributed by atoms with Gasteiger partial charge in [-0.2, -0.15) is 0 Å². The molecule has 2 saturated heterocycles. The summed E-state index contributed by atoms with van der Waals surface area (Å²) in [5.41, 5.74) is 0. The Morgan fingerprint density at radius 1 is 0.955 bits per heavy atom. The third kappa shape index (κ3) is 3.84. The van der Waals surface area contributed by atoms with Gasteiger partial charge >= 0.3 is 0 Å². The van der Waals surface area contributed by atoms with Crippen molar-refractivity contribution in [3.63, 3.8) is 0 Å². The van der Waals surface area contributed by atoms with Crippen molar-refractivity contribution in [3.05, 3.63) is 0 Å². The van der Waals surface area contributed by atoms with Gasteiger partial charge in [0.25, 0.3) is 0 Å². The molecule has 0 amide bonds. The first-order chi connectivity index (χ1) is 10.7. The maximum atomic E-state index is 6.04. The van der Waals surface area contributed by atoms with Crippen molar-refractivity contribution in [3.8, 4) is 0 Å². The van der Waals surface area contributed by atoms with Crippen LogP contribution in [0.1, 0.15) is 65.2 Å². The second kappa shape index (κ2) is 7.61. The van der Waals surface area contributed by atoms with Crippen LogP contribution >= 0.6 is 0 Å². The molecule has 0 radical (unpaired) electrons. The SMILES string of the molecule is CCC(CC)[C@@H]1C[C@@H](NC2CCC3(CC2)OCCO3)CCO1. The second-order valence-corrected chi connectivity index (χ2v) is 7.26. The van der Waals surface area contributed by atoms with Crippen molar-refractivity contribution in [2.75, 3.05) is 19.8 Å². The summed E-state index contributed by atoms with van der Waals surface area (Å²) in [4.78, 5) is 0. The summed E-state index contributed by atoms with van der Waals surface area (Å²) in [6.45, 7) is 7.04. The summed E-state index contributed by atoms with van der Waals surface area (Å²) in [6, 6.07) is 1.26. The molecule has 0 bridgehead atoms. The van der Waals surface area contributed by atoms with E-state index in [1.54, 1.807) is 0 Å². The van der Waals surface area contributed by atoms with Crippen LogP contribution in [0.4, 0.5) is 0 Å². The van der Waals surface area contributed by atoms with Crippen molar-refractivity contribution in [1.82, 2.24) is 5.32 Å². The number of nitrogens with one attached hydrogen (secondary N) is 1. The highest BCUT2D eigenvalue weighted by atomic mass is 16.7. The van der Waals surface area contributed by atoms with E-state index < -0.39 is 0 Å². The molecule has 0 aromatic heterocycles. The van der Waals surface area contributed by atoms with Crippen LogP contribution in [0.2, 0.25) is 0 Å². The van der Waals surface area contributed by atoms with Crippen LogP contribution < -0.4 is 5.32 Å². The average Bonchev–Trinajstić information content (AvgIpc) is 3.00. The Morgan fingerprint density at radius 3 is 2.27 bits per heavy atom. The topological polar surface area (TPSA) is 39.7 Å². The highest BCUT2D eigenvalue weighted by Gasteiger charge is 2.40. The monoisotopic (exact) mass is 311 g/mol. The number of hydrogen-bond acceptors (Lipinski definition) is 4. The van der Waals surface area contributed by atoms with E-state index in [1.165, 1.54) is 32.1 Å². The smallest absolute Gasteiger partial charge is 0.168 e. The summed E-state index contributed by atoms with van der Waals surface area (Å²) in [5.74, 6) is 0.492. The molecule has 3 aliphatic rings. The van der Waals surface area contributed by atoms with Gasteiger partial charge in [0.15, 0.2) is 5.79 Å². The first-order valence-corrected chi connectivity index (χ1v) is 9.40. The Labute approximate surface area is 135 Å². The summed E-state index contributed by atoms with van der Waals surface area (Å²) in [6.07, 6.45) is 9.70. The highest BCUT2D eigenvalue weighted by Crippen LogP contribution is 2.36. The molecular weight excluding hydrogens is 278 g/mol. The molecule has 2 atom stereocenters. The van der Waals surface area contributed by atoms with Crippen LogP contribution in [-0.4, -0.2) is 43.8 Å². The maximum absolute atomic E-state index is 6.04. The van der Waals surface area contributed by atoms with Gasteiger partial charge in [-0.1, -0.05) is 26.7 Å². The van der Waals surface area contributed by atoms with Gasteiger partial charge in [-0.25, -0.2) is 0 Å². The second-order valence-electron chi connectivity index (χ2n) is 7.26. The minimum atomic E-state index is -0.230. The predicted octanol–water partition coefficient (Wildman–Crippen LogP) is 3.25. The van der Waals surface area contributed by atoms with Crippen molar-refractivity contribution >= 4 is 0 Å². The van der Waals surface area contributed by atoms with Crippen molar-refractivity contribution in [1.29, 1.82) is 0 Å². The van der Waals surface area contributed by atoms with Crippen molar-refractivity contribution in [2.24, 2.45) is 5.92 Å². The standard InChI is InChI=1S/C18H33NO3/c1-3-14(4-2)17-13-16(7-10-20-17)19-15-5-8-18(9-6-15)21-11-12-22-18/h14-17,19H,3-13H2,1-2H3/t16-,17-/m0/s1. The van der Waals surface area contributed by atoms with Crippen LogP contribution in [0.5, 0.6) is 0 Å². The normalized spacial score (nSPS) is 32.9. The van der Waals surface area contributed by atoms with E-state index in [9.17, 15) is 0 Å². The van der Waals surface area contributed by atoms with Gasteiger partial charge in [0.2, 0.25) is 0 Å². The largest absolute Gasteiger partial charge is 0.378 e. The van der Waals surface area contributed by atoms with Crippen LogP contribution in [-0.2, 0) is 14.2 Å². The van der Waals surface area contributed by atoms with Crippen LogP contribution in [0, 0.1) is 5.92 Å². The molecular formula is C18H33NO3. The van der Waals surface area contributed by atoms with E-state index in [4.69, 9.17) is 14.2 Å². The first kappa shape index (κ1) is 16.7. The summed E-state index contributed by atoms with van der Waals surface area (Å²) < 4.78 is 17.7. The molecule has 2 heterocycles. The Bertz CT molecular complexity index is 329. The lowest BCUT2D eigenvalue weighted by Crippen LogP contribution is -2.49. The summed E-state index contributed by atoms with van der Waals surface area (Å²) >= 11 is 0. The van der Waals surface area contributed by atoms with Crippen molar-refractivity contribution < 1.29 is 14.2 Å².